The van der Waals surface area contributed by atoms with Gasteiger partial charge in [0, 0.05) is 29.8 Å². The average molecular weight is 290 g/mol. The van der Waals surface area contributed by atoms with Crippen molar-refractivity contribution in [1.82, 2.24) is 5.32 Å². The summed E-state index contributed by atoms with van der Waals surface area (Å²) in [5.41, 5.74) is 1.13. The summed E-state index contributed by atoms with van der Waals surface area (Å²) in [6.07, 6.45) is 1.94. The Morgan fingerprint density at radius 3 is 2.61 bits per heavy atom. The highest BCUT2D eigenvalue weighted by molar-refractivity contribution is 6.35. The van der Waals surface area contributed by atoms with Crippen LogP contribution in [0.15, 0.2) is 18.2 Å². The fourth-order valence-corrected chi connectivity index (χ4v) is 2.50. The summed E-state index contributed by atoms with van der Waals surface area (Å²) in [5.74, 6) is 0.529. The van der Waals surface area contributed by atoms with Crippen LogP contribution in [0.5, 0.6) is 0 Å². The predicted molar refractivity (Wildman–Crippen MR) is 78.7 cm³/mol. The number of methoxy groups -OCH3 is 1. The summed E-state index contributed by atoms with van der Waals surface area (Å²) >= 11 is 12.1. The second-order valence-corrected chi connectivity index (χ2v) is 5.44. The molecule has 2 unspecified atom stereocenters. The van der Waals surface area contributed by atoms with E-state index in [4.69, 9.17) is 27.9 Å². The van der Waals surface area contributed by atoms with Gasteiger partial charge in [0.15, 0.2) is 0 Å². The maximum Gasteiger partial charge on any atom is 0.0465 e. The lowest BCUT2D eigenvalue weighted by Gasteiger charge is -2.24. The minimum absolute atomic E-state index is 0.388. The van der Waals surface area contributed by atoms with E-state index in [1.807, 2.05) is 19.2 Å². The molecule has 0 radical (unpaired) electrons. The molecule has 0 aromatic heterocycles. The minimum atomic E-state index is 0.388. The third kappa shape index (κ3) is 4.77. The van der Waals surface area contributed by atoms with E-state index < -0.39 is 0 Å². The van der Waals surface area contributed by atoms with Gasteiger partial charge in [-0.2, -0.15) is 0 Å². The van der Waals surface area contributed by atoms with E-state index in [9.17, 15) is 0 Å². The smallest absolute Gasteiger partial charge is 0.0465 e. The minimum Gasteiger partial charge on any atom is -0.385 e. The van der Waals surface area contributed by atoms with E-state index in [-0.39, 0.29) is 0 Å². The average Bonchev–Trinajstić information content (AvgIpc) is 2.35. The first-order valence-electron chi connectivity index (χ1n) is 6.18. The molecule has 0 saturated heterocycles. The molecule has 102 valence electrons. The Bertz CT molecular complexity index is 371. The Hall–Kier alpha value is -0.280. The van der Waals surface area contributed by atoms with Gasteiger partial charge >= 0.3 is 0 Å². The van der Waals surface area contributed by atoms with Crippen LogP contribution in [0.3, 0.4) is 0 Å². The molecule has 0 bridgehead atoms. The second-order valence-electron chi connectivity index (χ2n) is 4.59. The summed E-state index contributed by atoms with van der Waals surface area (Å²) in [6, 6.07) is 6.07. The lowest BCUT2D eigenvalue weighted by atomic mass is 9.93. The number of nitrogens with one attached hydrogen (secondary N) is 1. The summed E-state index contributed by atoms with van der Waals surface area (Å²) in [6.45, 7) is 3.01. The summed E-state index contributed by atoms with van der Waals surface area (Å²) < 4.78 is 5.13. The van der Waals surface area contributed by atoms with E-state index >= 15 is 0 Å². The highest BCUT2D eigenvalue weighted by Crippen LogP contribution is 2.24. The molecule has 0 fully saturated rings. The van der Waals surface area contributed by atoms with Gasteiger partial charge in [-0.3, -0.25) is 0 Å². The molecule has 0 spiro atoms. The van der Waals surface area contributed by atoms with E-state index in [2.05, 4.69) is 12.2 Å². The number of hydrogen-bond donors (Lipinski definition) is 1. The standard InChI is InChI=1S/C14H21Cl2NO/c1-10(6-7-18-3)14(17-2)8-11-4-5-12(15)9-13(11)16/h4-5,9-10,14,17H,6-8H2,1-3H3. The molecule has 0 amide bonds. The Morgan fingerprint density at radius 1 is 1.33 bits per heavy atom. The maximum atomic E-state index is 6.20. The van der Waals surface area contributed by atoms with Gasteiger partial charge in [-0.15, -0.1) is 0 Å². The van der Waals surface area contributed by atoms with Gasteiger partial charge in [-0.05, 0) is 43.5 Å². The van der Waals surface area contributed by atoms with E-state index in [1.165, 1.54) is 0 Å². The predicted octanol–water partition coefficient (Wildman–Crippen LogP) is 3.80. The van der Waals surface area contributed by atoms with Crippen molar-refractivity contribution in [3.63, 3.8) is 0 Å². The fraction of sp³-hybridized carbons (Fsp3) is 0.571. The van der Waals surface area contributed by atoms with E-state index in [1.54, 1.807) is 13.2 Å². The molecule has 2 atom stereocenters. The molecule has 0 heterocycles. The fourth-order valence-electron chi connectivity index (χ4n) is 2.02. The van der Waals surface area contributed by atoms with Crippen LogP contribution in [0.1, 0.15) is 18.9 Å². The van der Waals surface area contributed by atoms with Gasteiger partial charge in [0.05, 0.1) is 0 Å². The zero-order valence-electron chi connectivity index (χ0n) is 11.2. The Labute approximate surface area is 120 Å². The molecule has 0 aliphatic heterocycles. The molecule has 0 saturated carbocycles. The molecule has 1 N–H and O–H groups in total. The molecule has 1 rings (SSSR count). The van der Waals surface area contributed by atoms with Crippen LogP contribution in [0, 0.1) is 5.92 Å². The molecule has 2 nitrogen and oxygen atoms in total. The van der Waals surface area contributed by atoms with Crippen LogP contribution >= 0.6 is 23.2 Å². The third-order valence-electron chi connectivity index (χ3n) is 3.29. The van der Waals surface area contributed by atoms with Crippen molar-refractivity contribution in [3.8, 4) is 0 Å². The van der Waals surface area contributed by atoms with Crippen LogP contribution in [0.25, 0.3) is 0 Å². The molecule has 0 aliphatic carbocycles. The first kappa shape index (κ1) is 15.8. The van der Waals surface area contributed by atoms with Crippen LogP contribution in [0.2, 0.25) is 10.0 Å². The quantitative estimate of drug-likeness (QED) is 0.824. The molecule has 1 aromatic carbocycles. The van der Waals surface area contributed by atoms with Crippen molar-refractivity contribution in [3.05, 3.63) is 33.8 Å². The van der Waals surface area contributed by atoms with Crippen molar-refractivity contribution in [2.24, 2.45) is 5.92 Å². The number of hydrogen-bond acceptors (Lipinski definition) is 2. The zero-order chi connectivity index (χ0) is 13.5. The highest BCUT2D eigenvalue weighted by Gasteiger charge is 2.17. The SMILES string of the molecule is CNC(Cc1ccc(Cl)cc1Cl)C(C)CCOC. The zero-order valence-corrected chi connectivity index (χ0v) is 12.7. The molecule has 4 heteroatoms. The van der Waals surface area contributed by atoms with Gasteiger partial charge in [0.25, 0.3) is 0 Å². The number of ether oxygens (including phenoxy) is 1. The van der Waals surface area contributed by atoms with E-state index in [0.717, 1.165) is 30.0 Å². The van der Waals surface area contributed by atoms with Gasteiger partial charge in [0.1, 0.15) is 0 Å². The largest absolute Gasteiger partial charge is 0.385 e. The molecular formula is C14H21Cl2NO. The van der Waals surface area contributed by atoms with Crippen LogP contribution in [-0.2, 0) is 11.2 Å². The van der Waals surface area contributed by atoms with Gasteiger partial charge < -0.3 is 10.1 Å². The monoisotopic (exact) mass is 289 g/mol. The second kappa shape index (κ2) is 8.00. The third-order valence-corrected chi connectivity index (χ3v) is 3.88. The Morgan fingerprint density at radius 2 is 2.06 bits per heavy atom. The highest BCUT2D eigenvalue weighted by atomic mass is 35.5. The normalized spacial score (nSPS) is 14.5. The lowest BCUT2D eigenvalue weighted by molar-refractivity contribution is 0.171. The molecular weight excluding hydrogens is 269 g/mol. The number of halogens is 2. The summed E-state index contributed by atoms with van der Waals surface area (Å²) in [7, 11) is 3.72. The van der Waals surface area contributed by atoms with Gasteiger partial charge in [-0.25, -0.2) is 0 Å². The first-order chi connectivity index (χ1) is 8.58. The van der Waals surface area contributed by atoms with Crippen molar-refractivity contribution >= 4 is 23.2 Å². The van der Waals surface area contributed by atoms with Gasteiger partial charge in [0.2, 0.25) is 0 Å². The van der Waals surface area contributed by atoms with Crippen LogP contribution in [-0.4, -0.2) is 26.8 Å². The number of likely N-dealkylation sites (N-methyl/N-ethyl adjacent to an activating group) is 1. The topological polar surface area (TPSA) is 21.3 Å². The maximum absolute atomic E-state index is 6.20. The van der Waals surface area contributed by atoms with E-state index in [0.29, 0.717) is 17.0 Å². The Kier molecular flexibility index (Phi) is 7.02. The van der Waals surface area contributed by atoms with Gasteiger partial charge in [-0.1, -0.05) is 36.2 Å². The molecule has 0 aliphatic rings. The van der Waals surface area contributed by atoms with Crippen molar-refractivity contribution in [1.29, 1.82) is 0 Å². The number of rotatable bonds is 7. The lowest BCUT2D eigenvalue weighted by Crippen LogP contribution is -2.34. The van der Waals surface area contributed by atoms with Crippen molar-refractivity contribution < 1.29 is 4.74 Å². The first-order valence-corrected chi connectivity index (χ1v) is 6.94. The summed E-state index contributed by atoms with van der Waals surface area (Å²) in [5, 5.41) is 4.77. The Balaban J connectivity index is 2.67. The van der Waals surface area contributed by atoms with Crippen molar-refractivity contribution in [2.45, 2.75) is 25.8 Å². The number of benzene rings is 1. The summed E-state index contributed by atoms with van der Waals surface area (Å²) in [4.78, 5) is 0. The molecule has 1 aromatic rings. The van der Waals surface area contributed by atoms with Crippen molar-refractivity contribution in [2.75, 3.05) is 20.8 Å². The van der Waals surface area contributed by atoms with Crippen LogP contribution < -0.4 is 5.32 Å². The molecule has 18 heavy (non-hydrogen) atoms. The van der Waals surface area contributed by atoms with Crippen LogP contribution in [0.4, 0.5) is 0 Å².